The fourth-order valence-corrected chi connectivity index (χ4v) is 3.60. The Morgan fingerprint density at radius 2 is 2.12 bits per heavy atom. The van der Waals surface area contributed by atoms with Crippen LogP contribution in [0.4, 0.5) is 4.39 Å². The first-order valence-electron chi connectivity index (χ1n) is 7.37. The van der Waals surface area contributed by atoms with E-state index in [2.05, 4.69) is 20.9 Å². The van der Waals surface area contributed by atoms with Crippen LogP contribution in [-0.4, -0.2) is 19.7 Å². The van der Waals surface area contributed by atoms with Crippen LogP contribution in [0.3, 0.4) is 0 Å². The summed E-state index contributed by atoms with van der Waals surface area (Å²) in [6.07, 6.45) is 0.514. The first-order valence-corrected chi connectivity index (χ1v) is 8.17. The lowest BCUT2D eigenvalue weighted by Crippen LogP contribution is -2.38. The molecule has 2 aromatic carbocycles. The van der Waals surface area contributed by atoms with Gasteiger partial charge < -0.3 is 19.9 Å². The Hall–Kier alpha value is -2.28. The number of nitrogens with two attached hydrogens (primary N) is 1. The highest BCUT2D eigenvalue weighted by molar-refractivity contribution is 9.10. The van der Waals surface area contributed by atoms with Crippen molar-refractivity contribution in [1.29, 1.82) is 0 Å². The maximum Gasteiger partial charge on any atom is 0.283 e. The number of aliphatic imine (C=N–C) groups is 1. The molecule has 2 aliphatic heterocycles. The summed E-state index contributed by atoms with van der Waals surface area (Å²) in [5, 5.41) is 0. The summed E-state index contributed by atoms with van der Waals surface area (Å²) in [7, 11) is 1.49. The Morgan fingerprint density at radius 3 is 2.88 bits per heavy atom. The van der Waals surface area contributed by atoms with Gasteiger partial charge in [0.2, 0.25) is 0 Å². The zero-order valence-corrected chi connectivity index (χ0v) is 14.4. The van der Waals surface area contributed by atoms with Crippen LogP contribution in [0, 0.1) is 5.82 Å². The number of rotatable bonds is 1. The van der Waals surface area contributed by atoms with Gasteiger partial charge in [0.05, 0.1) is 13.7 Å². The maximum absolute atomic E-state index is 14.6. The summed E-state index contributed by atoms with van der Waals surface area (Å²) >= 11 is 3.47. The lowest BCUT2D eigenvalue weighted by Gasteiger charge is -2.39. The number of halogens is 2. The Labute approximate surface area is 146 Å². The van der Waals surface area contributed by atoms with Crippen molar-refractivity contribution in [2.75, 3.05) is 13.7 Å². The van der Waals surface area contributed by atoms with Gasteiger partial charge in [-0.3, -0.25) is 0 Å². The molecule has 2 aliphatic rings. The maximum atomic E-state index is 14.6. The molecule has 0 fully saturated rings. The van der Waals surface area contributed by atoms with Gasteiger partial charge in [0.25, 0.3) is 6.02 Å². The largest absolute Gasteiger partial charge is 0.497 e. The van der Waals surface area contributed by atoms with Crippen molar-refractivity contribution < 1.29 is 18.6 Å². The normalized spacial score (nSPS) is 21.2. The van der Waals surface area contributed by atoms with Crippen molar-refractivity contribution in [2.45, 2.75) is 12.0 Å². The molecule has 0 bridgehead atoms. The predicted molar refractivity (Wildman–Crippen MR) is 90.1 cm³/mol. The third-order valence-electron chi connectivity index (χ3n) is 4.31. The molecule has 1 unspecified atom stereocenters. The summed E-state index contributed by atoms with van der Waals surface area (Å²) in [4.78, 5) is 4.56. The van der Waals surface area contributed by atoms with E-state index in [4.69, 9.17) is 19.9 Å². The molecule has 7 heteroatoms. The highest BCUT2D eigenvalue weighted by Gasteiger charge is 2.46. The van der Waals surface area contributed by atoms with Gasteiger partial charge in [-0.25, -0.2) is 9.38 Å². The summed E-state index contributed by atoms with van der Waals surface area (Å²) < 4.78 is 31.8. The standard InChI is InChI=1S/C17H14BrFN2O3/c1-22-10-7-12-15(13(19)8-10)24-14-3-2-9(18)6-11(14)17(12)4-5-23-16(20)21-17/h2-3,6-8H,4-5H2,1H3,(H2,20,21). The Morgan fingerprint density at radius 1 is 1.29 bits per heavy atom. The van der Waals surface area contributed by atoms with Crippen LogP contribution >= 0.6 is 15.9 Å². The molecule has 4 rings (SSSR count). The summed E-state index contributed by atoms with van der Waals surface area (Å²) in [5.74, 6) is 0.586. The highest BCUT2D eigenvalue weighted by Crippen LogP contribution is 2.53. The van der Waals surface area contributed by atoms with Crippen molar-refractivity contribution in [2.24, 2.45) is 10.7 Å². The second-order valence-corrected chi connectivity index (χ2v) is 6.55. The number of hydrogen-bond donors (Lipinski definition) is 1. The smallest absolute Gasteiger partial charge is 0.283 e. The Bertz CT molecular complexity index is 871. The molecule has 2 N–H and O–H groups in total. The first-order chi connectivity index (χ1) is 11.5. The van der Waals surface area contributed by atoms with E-state index < -0.39 is 11.4 Å². The van der Waals surface area contributed by atoms with E-state index in [1.165, 1.54) is 13.2 Å². The van der Waals surface area contributed by atoms with Gasteiger partial charge in [-0.05, 0) is 24.3 Å². The fourth-order valence-electron chi connectivity index (χ4n) is 3.24. The molecule has 1 spiro atoms. The molecule has 2 aromatic rings. The van der Waals surface area contributed by atoms with E-state index >= 15 is 0 Å². The van der Waals surface area contributed by atoms with Gasteiger partial charge in [0.1, 0.15) is 17.0 Å². The molecule has 1 atom stereocenters. The molecular formula is C17H14BrFN2O3. The molecule has 24 heavy (non-hydrogen) atoms. The number of ether oxygens (including phenoxy) is 3. The molecule has 0 saturated heterocycles. The molecular weight excluding hydrogens is 379 g/mol. The zero-order valence-electron chi connectivity index (χ0n) is 12.8. The van der Waals surface area contributed by atoms with E-state index in [-0.39, 0.29) is 11.8 Å². The van der Waals surface area contributed by atoms with Crippen molar-refractivity contribution >= 4 is 22.0 Å². The van der Waals surface area contributed by atoms with Crippen molar-refractivity contribution in [3.63, 3.8) is 0 Å². The molecule has 0 saturated carbocycles. The topological polar surface area (TPSA) is 66.1 Å². The average Bonchev–Trinajstić information content (AvgIpc) is 2.56. The first kappa shape index (κ1) is 15.3. The van der Waals surface area contributed by atoms with Crippen LogP contribution in [-0.2, 0) is 10.3 Å². The van der Waals surface area contributed by atoms with Crippen LogP contribution < -0.4 is 15.2 Å². The monoisotopic (exact) mass is 392 g/mol. The van der Waals surface area contributed by atoms with E-state index in [0.717, 1.165) is 10.0 Å². The minimum atomic E-state index is -0.871. The molecule has 0 radical (unpaired) electrons. The van der Waals surface area contributed by atoms with Crippen molar-refractivity contribution in [3.8, 4) is 17.2 Å². The summed E-state index contributed by atoms with van der Waals surface area (Å²) in [6, 6.07) is 8.65. The van der Waals surface area contributed by atoms with Crippen molar-refractivity contribution in [1.82, 2.24) is 0 Å². The van der Waals surface area contributed by atoms with Crippen LogP contribution in [0.5, 0.6) is 17.2 Å². The summed E-state index contributed by atoms with van der Waals surface area (Å²) in [5.41, 5.74) is 6.37. The Balaban J connectivity index is 2.06. The van der Waals surface area contributed by atoms with Crippen LogP contribution in [0.25, 0.3) is 0 Å². The number of benzene rings is 2. The molecule has 0 amide bonds. The molecule has 0 aromatic heterocycles. The van der Waals surface area contributed by atoms with Crippen LogP contribution in [0.15, 0.2) is 39.8 Å². The molecule has 5 nitrogen and oxygen atoms in total. The molecule has 124 valence electrons. The van der Waals surface area contributed by atoms with Gasteiger partial charge >= 0.3 is 0 Å². The lowest BCUT2D eigenvalue weighted by atomic mass is 9.77. The number of methoxy groups -OCH3 is 1. The average molecular weight is 393 g/mol. The van der Waals surface area contributed by atoms with E-state index in [9.17, 15) is 4.39 Å². The van der Waals surface area contributed by atoms with E-state index in [1.807, 2.05) is 12.1 Å². The Kier molecular flexibility index (Phi) is 3.42. The summed E-state index contributed by atoms with van der Waals surface area (Å²) in [6.45, 7) is 0.375. The minimum absolute atomic E-state index is 0.0725. The second-order valence-electron chi connectivity index (χ2n) is 5.64. The number of amidine groups is 1. The third-order valence-corrected chi connectivity index (χ3v) is 4.81. The van der Waals surface area contributed by atoms with Gasteiger partial charge in [-0.2, -0.15) is 0 Å². The second kappa shape index (κ2) is 5.37. The van der Waals surface area contributed by atoms with Gasteiger partial charge in [0.15, 0.2) is 11.6 Å². The number of hydrogen-bond acceptors (Lipinski definition) is 5. The van der Waals surface area contributed by atoms with Gasteiger partial charge in [0, 0.05) is 28.1 Å². The van der Waals surface area contributed by atoms with Crippen LogP contribution in [0.1, 0.15) is 17.5 Å². The minimum Gasteiger partial charge on any atom is -0.497 e. The number of nitrogens with zero attached hydrogens (tertiary/aromatic N) is 1. The fraction of sp³-hybridized carbons (Fsp3) is 0.235. The third kappa shape index (κ3) is 2.15. The predicted octanol–water partition coefficient (Wildman–Crippen LogP) is 3.68. The van der Waals surface area contributed by atoms with Gasteiger partial charge in [-0.15, -0.1) is 0 Å². The van der Waals surface area contributed by atoms with Crippen molar-refractivity contribution in [3.05, 3.63) is 51.7 Å². The van der Waals surface area contributed by atoms with E-state index in [0.29, 0.717) is 30.1 Å². The number of fused-ring (bicyclic) bond motifs is 4. The molecule has 0 aliphatic carbocycles. The van der Waals surface area contributed by atoms with Crippen LogP contribution in [0.2, 0.25) is 0 Å². The molecule has 2 heterocycles. The zero-order chi connectivity index (χ0) is 16.9. The van der Waals surface area contributed by atoms with E-state index in [1.54, 1.807) is 12.1 Å². The highest BCUT2D eigenvalue weighted by atomic mass is 79.9. The quantitative estimate of drug-likeness (QED) is 0.803. The SMILES string of the molecule is COc1cc(F)c2c(c1)C1(CCOC(N)=N1)c1cc(Br)ccc1O2. The lowest BCUT2D eigenvalue weighted by molar-refractivity contribution is 0.217. The van der Waals surface area contributed by atoms with Gasteiger partial charge in [-0.1, -0.05) is 15.9 Å².